The van der Waals surface area contributed by atoms with Crippen LogP contribution >= 0.6 is 22.6 Å². The first kappa shape index (κ1) is 19.1. The molecule has 0 aromatic rings. The van der Waals surface area contributed by atoms with E-state index in [1.165, 1.54) is 29.5 Å². The molecule has 10 heteroatoms. The maximum Gasteiger partial charge on any atom is 0.381 e. The van der Waals surface area contributed by atoms with Crippen LogP contribution in [0, 0.1) is 5.92 Å². The van der Waals surface area contributed by atoms with E-state index < -0.39 is 39.2 Å². The van der Waals surface area contributed by atoms with Crippen molar-refractivity contribution in [2.75, 3.05) is 0 Å². The van der Waals surface area contributed by atoms with Gasteiger partial charge < -0.3 is 0 Å². The van der Waals surface area contributed by atoms with Crippen LogP contribution in [0.25, 0.3) is 0 Å². The van der Waals surface area contributed by atoms with Gasteiger partial charge in [0.25, 0.3) is 5.67 Å². The fourth-order valence-corrected chi connectivity index (χ4v) is 3.51. The van der Waals surface area contributed by atoms with Gasteiger partial charge in [-0.1, -0.05) is 42.9 Å². The van der Waals surface area contributed by atoms with Crippen LogP contribution < -0.4 is 0 Å². The topological polar surface area (TPSA) is 0 Å². The van der Waals surface area contributed by atoms with E-state index in [4.69, 9.17) is 0 Å². The van der Waals surface area contributed by atoms with Crippen molar-refractivity contribution in [2.45, 2.75) is 60.0 Å². The van der Waals surface area contributed by atoms with Gasteiger partial charge in [0.2, 0.25) is 0 Å². The van der Waals surface area contributed by atoms with Crippen LogP contribution in [0.3, 0.4) is 0 Å². The molecule has 0 spiro atoms. The maximum absolute atomic E-state index is 14.4. The molecule has 0 nitrogen and oxygen atoms in total. The summed E-state index contributed by atoms with van der Waals surface area (Å²) in [5.74, 6) is -27.7. The molecule has 0 aliphatic heterocycles. The van der Waals surface area contributed by atoms with Gasteiger partial charge in [-0.05, 0) is 6.42 Å². The first-order valence-electron chi connectivity index (χ1n) is 5.98. The highest BCUT2D eigenvalue weighted by molar-refractivity contribution is 14.1. The van der Waals surface area contributed by atoms with E-state index in [1.807, 2.05) is 0 Å². The van der Waals surface area contributed by atoms with Gasteiger partial charge in [-0.25, -0.2) is 4.39 Å². The number of rotatable bonds is 4. The molecule has 0 aromatic heterocycles. The summed E-state index contributed by atoms with van der Waals surface area (Å²) in [7, 11) is 0. The molecule has 126 valence electrons. The monoisotopic (exact) mass is 442 g/mol. The van der Waals surface area contributed by atoms with E-state index >= 15 is 0 Å². The second-order valence-corrected chi connectivity index (χ2v) is 6.70. The van der Waals surface area contributed by atoms with Gasteiger partial charge in [0.05, 0.1) is 0 Å². The zero-order valence-electron chi connectivity index (χ0n) is 10.8. The van der Waals surface area contributed by atoms with Gasteiger partial charge in [-0.15, -0.1) is 0 Å². The molecule has 0 N–H and O–H groups in total. The lowest BCUT2D eigenvalue weighted by molar-refractivity contribution is -0.303. The Hall–Kier alpha value is 0.1000. The molecule has 1 fully saturated rings. The second-order valence-electron chi connectivity index (χ2n) is 5.10. The fraction of sp³-hybridized carbons (Fsp3) is 1.00. The minimum Gasteiger partial charge on any atom is -0.230 e. The van der Waals surface area contributed by atoms with Gasteiger partial charge in [0.15, 0.2) is 0 Å². The van der Waals surface area contributed by atoms with Gasteiger partial charge in [0.1, 0.15) is 0 Å². The smallest absolute Gasteiger partial charge is 0.230 e. The normalized spacial score (nSPS) is 30.9. The number of halogens is 10. The highest BCUT2D eigenvalue weighted by Crippen LogP contribution is 2.71. The number of hydrogen-bond acceptors (Lipinski definition) is 0. The van der Waals surface area contributed by atoms with Crippen molar-refractivity contribution in [3.8, 4) is 0 Å². The lowest BCUT2D eigenvalue weighted by atomic mass is 9.81. The van der Waals surface area contributed by atoms with Crippen molar-refractivity contribution in [3.05, 3.63) is 0 Å². The van der Waals surface area contributed by atoms with Crippen molar-refractivity contribution in [2.24, 2.45) is 5.92 Å². The average molecular weight is 442 g/mol. The maximum atomic E-state index is 14.4. The summed E-state index contributed by atoms with van der Waals surface area (Å²) < 4.78 is 120. The van der Waals surface area contributed by atoms with Crippen LogP contribution in [0.1, 0.15) is 26.7 Å². The zero-order chi connectivity index (χ0) is 17.1. The average Bonchev–Trinajstić information content (AvgIpc) is 2.39. The Balaban J connectivity index is 3.52. The van der Waals surface area contributed by atoms with Crippen molar-refractivity contribution in [3.63, 3.8) is 0 Å². The standard InChI is InChI=1S/C11H12F9I/c1-3-4-6(21)5(2)7(12)8(13,14)10(17,18)11(19,20)9(7,15)16/h5-6H,3-4H2,1-2H3. The van der Waals surface area contributed by atoms with E-state index in [9.17, 15) is 39.5 Å². The minimum atomic E-state index is -6.48. The third kappa shape index (κ3) is 1.95. The molecular weight excluding hydrogens is 430 g/mol. The highest BCUT2D eigenvalue weighted by Gasteiger charge is 3.01. The molecule has 0 aromatic carbocycles. The van der Waals surface area contributed by atoms with E-state index in [-0.39, 0.29) is 12.8 Å². The molecule has 21 heavy (non-hydrogen) atoms. The molecule has 2 atom stereocenters. The Morgan fingerprint density at radius 3 is 1.38 bits per heavy atom. The van der Waals surface area contributed by atoms with Crippen LogP contribution in [0.2, 0.25) is 0 Å². The molecule has 0 radical (unpaired) electrons. The third-order valence-corrected chi connectivity index (χ3v) is 5.53. The second kappa shape index (κ2) is 5.05. The summed E-state index contributed by atoms with van der Waals surface area (Å²) in [5, 5.41) is 0. The summed E-state index contributed by atoms with van der Waals surface area (Å²) in [6.07, 6.45) is 0.203. The predicted octanol–water partition coefficient (Wildman–Crippen LogP) is 5.49. The summed E-state index contributed by atoms with van der Waals surface area (Å²) in [4.78, 5) is 0. The first-order valence-corrected chi connectivity index (χ1v) is 7.23. The van der Waals surface area contributed by atoms with E-state index in [0.717, 1.165) is 0 Å². The molecule has 1 rings (SSSR count). The van der Waals surface area contributed by atoms with Crippen molar-refractivity contribution >= 4 is 22.6 Å². The summed E-state index contributed by atoms with van der Waals surface area (Å²) in [5.41, 5.74) is -5.34. The molecule has 0 saturated heterocycles. The zero-order valence-corrected chi connectivity index (χ0v) is 13.0. The van der Waals surface area contributed by atoms with Crippen LogP contribution in [0.15, 0.2) is 0 Å². The largest absolute Gasteiger partial charge is 0.381 e. The van der Waals surface area contributed by atoms with E-state index in [1.54, 1.807) is 0 Å². The van der Waals surface area contributed by atoms with Crippen molar-refractivity contribution < 1.29 is 39.5 Å². The number of alkyl halides is 10. The molecule has 0 bridgehead atoms. The van der Waals surface area contributed by atoms with Gasteiger partial charge in [-0.2, -0.15) is 35.1 Å². The first-order chi connectivity index (χ1) is 9.14. The molecule has 1 saturated carbocycles. The highest BCUT2D eigenvalue weighted by atomic mass is 127. The van der Waals surface area contributed by atoms with Crippen molar-refractivity contribution in [1.82, 2.24) is 0 Å². The van der Waals surface area contributed by atoms with E-state index in [2.05, 4.69) is 0 Å². The molecule has 0 heterocycles. The number of hydrogen-bond donors (Lipinski definition) is 0. The van der Waals surface area contributed by atoms with Crippen LogP contribution in [0.4, 0.5) is 39.5 Å². The van der Waals surface area contributed by atoms with Crippen LogP contribution in [-0.2, 0) is 0 Å². The quantitative estimate of drug-likeness (QED) is 0.307. The minimum absolute atomic E-state index is 0.0588. The SMILES string of the molecule is CCCC(I)C(C)C1(F)C(F)(F)C(F)(F)C(F)(F)C1(F)F. The van der Waals surface area contributed by atoms with Crippen LogP contribution in [-0.4, -0.2) is 33.3 Å². The Morgan fingerprint density at radius 2 is 1.10 bits per heavy atom. The third-order valence-electron chi connectivity index (χ3n) is 3.83. The summed E-state index contributed by atoms with van der Waals surface area (Å²) in [6, 6.07) is 0. The Morgan fingerprint density at radius 1 is 0.762 bits per heavy atom. The lowest BCUT2D eigenvalue weighted by Gasteiger charge is -2.38. The predicted molar refractivity (Wildman–Crippen MR) is 65.5 cm³/mol. The lowest BCUT2D eigenvalue weighted by Crippen LogP contribution is -2.60. The van der Waals surface area contributed by atoms with Gasteiger partial charge >= 0.3 is 23.7 Å². The summed E-state index contributed by atoms with van der Waals surface area (Å²) >= 11 is 1.33. The Bertz CT molecular complexity index is 380. The molecule has 2 unspecified atom stereocenters. The Kier molecular flexibility index (Phi) is 4.61. The molecule has 1 aliphatic rings. The van der Waals surface area contributed by atoms with Gasteiger partial charge in [-0.3, -0.25) is 0 Å². The Labute approximate surface area is 128 Å². The van der Waals surface area contributed by atoms with E-state index in [0.29, 0.717) is 6.92 Å². The van der Waals surface area contributed by atoms with Crippen molar-refractivity contribution in [1.29, 1.82) is 0 Å². The molecular formula is C11H12F9I. The van der Waals surface area contributed by atoms with Gasteiger partial charge in [0, 0.05) is 9.84 Å². The van der Waals surface area contributed by atoms with Crippen LogP contribution in [0.5, 0.6) is 0 Å². The molecule has 0 amide bonds. The fourth-order valence-electron chi connectivity index (χ4n) is 2.40. The molecule has 1 aliphatic carbocycles. The summed E-state index contributed by atoms with van der Waals surface area (Å²) in [6.45, 7) is 2.05.